The average molecular weight is 349 g/mol. The van der Waals surface area contributed by atoms with Gasteiger partial charge in [-0.3, -0.25) is 0 Å². The fraction of sp³-hybridized carbons (Fsp3) is 0.591. The lowest BCUT2D eigenvalue weighted by Gasteiger charge is -2.03. The first kappa shape index (κ1) is 23.4. The molecule has 0 radical (unpaired) electrons. The second-order valence-corrected chi connectivity index (χ2v) is 6.23. The van der Waals surface area contributed by atoms with Crippen molar-refractivity contribution in [3.8, 4) is 0 Å². The van der Waals surface area contributed by atoms with Gasteiger partial charge in [-0.1, -0.05) is 68.4 Å². The van der Waals surface area contributed by atoms with Crippen LogP contribution in [0.3, 0.4) is 0 Å². The molecule has 0 aliphatic carbocycles. The topological polar surface area (TPSA) is 57.5 Å². The Hall–Kier alpha value is -1.61. The summed E-state index contributed by atoms with van der Waals surface area (Å²) in [6, 6.07) is 0. The Morgan fingerprint density at radius 2 is 1.20 bits per heavy atom. The maximum absolute atomic E-state index is 10.4. The average Bonchev–Trinajstić information content (AvgIpc) is 2.60. The van der Waals surface area contributed by atoms with Crippen molar-refractivity contribution in [2.24, 2.45) is 0 Å². The molecule has 0 aromatic rings. The quantitative estimate of drug-likeness (QED) is 0.267. The predicted molar refractivity (Wildman–Crippen MR) is 107 cm³/mol. The van der Waals surface area contributed by atoms with Crippen molar-refractivity contribution in [3.63, 3.8) is 0 Å². The van der Waals surface area contributed by atoms with E-state index in [1.807, 2.05) is 0 Å². The summed E-state index contributed by atoms with van der Waals surface area (Å²) in [5.74, 6) is -1.13. The van der Waals surface area contributed by atoms with Crippen LogP contribution in [0, 0.1) is 0 Å². The summed E-state index contributed by atoms with van der Waals surface area (Å²) in [4.78, 5) is 10.4. The number of carboxylic acid groups (broad SMARTS) is 1. The van der Waals surface area contributed by atoms with Gasteiger partial charge in [0.2, 0.25) is 0 Å². The van der Waals surface area contributed by atoms with Crippen LogP contribution >= 0.6 is 0 Å². The molecule has 0 aliphatic heterocycles. The standard InChI is InChI=1S/C22H36O3/c1-2-3-4-5-6-7-8-9-10-11-12-13-14-15-16-17-18-19-20-21(23)22(24)25/h6-7,9-10,12-13,15-16,21,23H,2-5,8,11,14,17-20H2,1H3,(H,24,25)/b7-6-,10-9-,13-12-,16-15-. The van der Waals surface area contributed by atoms with E-state index in [4.69, 9.17) is 10.2 Å². The van der Waals surface area contributed by atoms with Crippen molar-refractivity contribution in [1.82, 2.24) is 0 Å². The molecule has 1 unspecified atom stereocenters. The highest BCUT2D eigenvalue weighted by molar-refractivity contribution is 5.71. The molecular formula is C22H36O3. The Kier molecular flexibility index (Phi) is 17.5. The SMILES string of the molecule is CCCCC/C=C\C/C=C\C/C=C\C/C=C\CCCCC(O)C(=O)O. The zero-order chi connectivity index (χ0) is 18.6. The summed E-state index contributed by atoms with van der Waals surface area (Å²) in [5.41, 5.74) is 0. The van der Waals surface area contributed by atoms with Gasteiger partial charge >= 0.3 is 5.97 Å². The fourth-order valence-electron chi connectivity index (χ4n) is 2.28. The van der Waals surface area contributed by atoms with E-state index >= 15 is 0 Å². The van der Waals surface area contributed by atoms with E-state index in [0.29, 0.717) is 6.42 Å². The minimum atomic E-state index is -1.21. The Morgan fingerprint density at radius 3 is 1.64 bits per heavy atom. The monoisotopic (exact) mass is 348 g/mol. The predicted octanol–water partition coefficient (Wildman–Crippen LogP) is 5.97. The van der Waals surface area contributed by atoms with Crippen LogP contribution in [0.5, 0.6) is 0 Å². The minimum Gasteiger partial charge on any atom is -0.479 e. The Bertz CT molecular complexity index is 419. The number of hydrogen-bond donors (Lipinski definition) is 2. The molecule has 0 aromatic heterocycles. The molecule has 25 heavy (non-hydrogen) atoms. The number of unbranched alkanes of at least 4 members (excludes halogenated alkanes) is 5. The van der Waals surface area contributed by atoms with Crippen molar-refractivity contribution in [3.05, 3.63) is 48.6 Å². The first-order valence-corrected chi connectivity index (χ1v) is 9.69. The van der Waals surface area contributed by atoms with Gasteiger partial charge in [-0.15, -0.1) is 0 Å². The van der Waals surface area contributed by atoms with E-state index in [2.05, 4.69) is 55.5 Å². The van der Waals surface area contributed by atoms with Gasteiger partial charge in [0.1, 0.15) is 0 Å². The largest absolute Gasteiger partial charge is 0.479 e. The molecule has 0 fully saturated rings. The molecule has 3 nitrogen and oxygen atoms in total. The number of rotatable bonds is 16. The van der Waals surface area contributed by atoms with Gasteiger partial charge in [-0.2, -0.15) is 0 Å². The summed E-state index contributed by atoms with van der Waals surface area (Å²) in [6.07, 6.45) is 27.3. The summed E-state index contributed by atoms with van der Waals surface area (Å²) < 4.78 is 0. The van der Waals surface area contributed by atoms with Gasteiger partial charge in [0.05, 0.1) is 0 Å². The van der Waals surface area contributed by atoms with Crippen molar-refractivity contribution in [1.29, 1.82) is 0 Å². The maximum Gasteiger partial charge on any atom is 0.332 e. The number of carbonyl (C=O) groups is 1. The molecule has 0 spiro atoms. The van der Waals surface area contributed by atoms with Gasteiger partial charge in [-0.05, 0) is 57.8 Å². The smallest absolute Gasteiger partial charge is 0.332 e. The molecule has 3 heteroatoms. The lowest BCUT2D eigenvalue weighted by Crippen LogP contribution is -2.18. The highest BCUT2D eigenvalue weighted by atomic mass is 16.4. The van der Waals surface area contributed by atoms with Crippen molar-refractivity contribution >= 4 is 5.97 Å². The van der Waals surface area contributed by atoms with Gasteiger partial charge in [0, 0.05) is 0 Å². The lowest BCUT2D eigenvalue weighted by molar-refractivity contribution is -0.146. The van der Waals surface area contributed by atoms with Crippen molar-refractivity contribution in [2.75, 3.05) is 0 Å². The van der Waals surface area contributed by atoms with E-state index in [9.17, 15) is 4.79 Å². The first-order valence-electron chi connectivity index (χ1n) is 9.69. The lowest BCUT2D eigenvalue weighted by atomic mass is 10.1. The molecule has 1 atom stereocenters. The highest BCUT2D eigenvalue weighted by Gasteiger charge is 2.11. The molecule has 0 saturated carbocycles. The molecule has 0 heterocycles. The molecule has 0 saturated heterocycles. The zero-order valence-corrected chi connectivity index (χ0v) is 15.8. The fourth-order valence-corrected chi connectivity index (χ4v) is 2.28. The van der Waals surface area contributed by atoms with Crippen LogP contribution < -0.4 is 0 Å². The van der Waals surface area contributed by atoms with Crippen molar-refractivity contribution < 1.29 is 15.0 Å². The number of aliphatic carboxylic acids is 1. The van der Waals surface area contributed by atoms with Crippen LogP contribution in [0.2, 0.25) is 0 Å². The Labute approximate surface area is 153 Å². The number of aliphatic hydroxyl groups excluding tert-OH is 1. The Balaban J connectivity index is 3.44. The van der Waals surface area contributed by atoms with Gasteiger partial charge in [0.15, 0.2) is 6.10 Å². The third-order valence-electron chi connectivity index (χ3n) is 3.84. The summed E-state index contributed by atoms with van der Waals surface area (Å²) in [6.45, 7) is 2.23. The van der Waals surface area contributed by atoms with Crippen molar-refractivity contribution in [2.45, 2.75) is 83.7 Å². The van der Waals surface area contributed by atoms with Crippen LogP contribution in [-0.2, 0) is 4.79 Å². The van der Waals surface area contributed by atoms with Gasteiger partial charge < -0.3 is 10.2 Å². The van der Waals surface area contributed by atoms with E-state index in [0.717, 1.165) is 38.5 Å². The van der Waals surface area contributed by atoms with Crippen LogP contribution in [0.4, 0.5) is 0 Å². The molecule has 2 N–H and O–H groups in total. The number of allylic oxidation sites excluding steroid dienone is 8. The molecular weight excluding hydrogens is 312 g/mol. The minimum absolute atomic E-state index is 0.337. The van der Waals surface area contributed by atoms with Gasteiger partial charge in [-0.25, -0.2) is 4.79 Å². The molecule has 142 valence electrons. The van der Waals surface area contributed by atoms with Crippen LogP contribution in [0.1, 0.15) is 77.6 Å². The third-order valence-corrected chi connectivity index (χ3v) is 3.84. The van der Waals surface area contributed by atoms with Crippen LogP contribution in [0.15, 0.2) is 48.6 Å². The van der Waals surface area contributed by atoms with Crippen LogP contribution in [0.25, 0.3) is 0 Å². The number of hydrogen-bond acceptors (Lipinski definition) is 2. The number of aliphatic hydroxyl groups is 1. The van der Waals surface area contributed by atoms with E-state index < -0.39 is 12.1 Å². The first-order chi connectivity index (χ1) is 12.2. The number of carboxylic acids is 1. The van der Waals surface area contributed by atoms with E-state index in [1.54, 1.807) is 0 Å². The summed E-state index contributed by atoms with van der Waals surface area (Å²) in [7, 11) is 0. The second kappa shape index (κ2) is 18.7. The van der Waals surface area contributed by atoms with E-state index in [1.165, 1.54) is 25.7 Å². The summed E-state index contributed by atoms with van der Waals surface area (Å²) in [5, 5.41) is 17.7. The molecule has 0 rings (SSSR count). The zero-order valence-electron chi connectivity index (χ0n) is 15.8. The third kappa shape index (κ3) is 18.6. The molecule has 0 aliphatic rings. The maximum atomic E-state index is 10.4. The summed E-state index contributed by atoms with van der Waals surface area (Å²) >= 11 is 0. The molecule has 0 aromatic carbocycles. The van der Waals surface area contributed by atoms with Crippen LogP contribution in [-0.4, -0.2) is 22.3 Å². The van der Waals surface area contributed by atoms with E-state index in [-0.39, 0.29) is 0 Å². The molecule has 0 amide bonds. The Morgan fingerprint density at radius 1 is 0.760 bits per heavy atom. The van der Waals surface area contributed by atoms with Gasteiger partial charge in [0.25, 0.3) is 0 Å². The normalized spacial score (nSPS) is 13.7. The highest BCUT2D eigenvalue weighted by Crippen LogP contribution is 2.05. The molecule has 0 bridgehead atoms. The second-order valence-electron chi connectivity index (χ2n) is 6.23.